The van der Waals surface area contributed by atoms with Gasteiger partial charge in [-0.1, -0.05) is 0 Å². The van der Waals surface area contributed by atoms with Crippen LogP contribution < -0.4 is 15.4 Å². The highest BCUT2D eigenvalue weighted by atomic mass is 32.1. The lowest BCUT2D eigenvalue weighted by atomic mass is 10.2. The summed E-state index contributed by atoms with van der Waals surface area (Å²) in [4.78, 5) is 15.3. The van der Waals surface area contributed by atoms with Gasteiger partial charge in [-0.2, -0.15) is 5.26 Å². The van der Waals surface area contributed by atoms with Gasteiger partial charge in [0.1, 0.15) is 5.75 Å². The fraction of sp³-hybridized carbons (Fsp3) is 0.312. The Hall–Kier alpha value is -2.59. The number of carbonyl (C=O) groups excluding carboxylic acids is 1. The first-order valence-electron chi connectivity index (χ1n) is 7.14. The van der Waals surface area contributed by atoms with Crippen molar-refractivity contribution in [2.75, 3.05) is 10.6 Å². The smallest absolute Gasteiger partial charge is 0.223 e. The quantitative estimate of drug-likeness (QED) is 0.848. The van der Waals surface area contributed by atoms with Crippen LogP contribution in [0.5, 0.6) is 5.75 Å². The number of nitrogens with zero attached hydrogens (tertiary/aromatic N) is 2. The molecule has 23 heavy (non-hydrogen) atoms. The fourth-order valence-corrected chi connectivity index (χ4v) is 2.63. The molecule has 0 aliphatic rings. The molecule has 0 aliphatic heterocycles. The van der Waals surface area contributed by atoms with E-state index in [0.29, 0.717) is 23.0 Å². The molecule has 0 radical (unpaired) electrons. The summed E-state index contributed by atoms with van der Waals surface area (Å²) in [6.07, 6.45) is 0.0362. The number of carbonyl (C=O) groups is 1. The third-order valence-corrected chi connectivity index (χ3v) is 3.57. The van der Waals surface area contributed by atoms with Crippen molar-refractivity contribution in [2.24, 2.45) is 0 Å². The van der Waals surface area contributed by atoms with Crippen LogP contribution in [0, 0.1) is 11.3 Å². The maximum Gasteiger partial charge on any atom is 0.223 e. The first-order chi connectivity index (χ1) is 11.0. The number of anilines is 2. The van der Waals surface area contributed by atoms with Crippen LogP contribution in [0.25, 0.3) is 0 Å². The molecular weight excluding hydrogens is 312 g/mol. The first kappa shape index (κ1) is 16.8. The third kappa shape index (κ3) is 4.97. The van der Waals surface area contributed by atoms with Crippen molar-refractivity contribution in [3.05, 3.63) is 34.8 Å². The molecule has 1 amide bonds. The van der Waals surface area contributed by atoms with E-state index in [1.54, 1.807) is 18.2 Å². The number of rotatable bonds is 6. The summed E-state index contributed by atoms with van der Waals surface area (Å²) < 4.78 is 5.74. The van der Waals surface area contributed by atoms with E-state index >= 15 is 0 Å². The zero-order valence-electron chi connectivity index (χ0n) is 13.2. The Kier molecular flexibility index (Phi) is 5.55. The molecule has 0 saturated heterocycles. The number of nitriles is 1. The molecule has 1 aromatic carbocycles. The Morgan fingerprint density at radius 3 is 2.91 bits per heavy atom. The number of thiazole rings is 1. The number of hydrogen-bond donors (Lipinski definition) is 2. The Morgan fingerprint density at radius 1 is 1.48 bits per heavy atom. The number of nitrogens with one attached hydrogen (secondary N) is 2. The zero-order chi connectivity index (χ0) is 16.8. The molecule has 0 atom stereocenters. The van der Waals surface area contributed by atoms with Crippen molar-refractivity contribution in [3.63, 3.8) is 0 Å². The van der Waals surface area contributed by atoms with E-state index < -0.39 is 0 Å². The number of benzene rings is 1. The van der Waals surface area contributed by atoms with E-state index in [9.17, 15) is 4.79 Å². The predicted molar refractivity (Wildman–Crippen MR) is 90.7 cm³/mol. The van der Waals surface area contributed by atoms with Crippen LogP contribution in [0.2, 0.25) is 0 Å². The molecule has 1 heterocycles. The van der Waals surface area contributed by atoms with Crippen molar-refractivity contribution in [1.29, 1.82) is 5.26 Å². The molecule has 7 heteroatoms. The second-order valence-electron chi connectivity index (χ2n) is 5.17. The van der Waals surface area contributed by atoms with Gasteiger partial charge >= 0.3 is 0 Å². The van der Waals surface area contributed by atoms with E-state index in [1.165, 1.54) is 18.3 Å². The lowest BCUT2D eigenvalue weighted by molar-refractivity contribution is -0.114. The number of ether oxygens (including phenoxy) is 1. The molecule has 2 N–H and O–H groups in total. The van der Waals surface area contributed by atoms with Gasteiger partial charge < -0.3 is 15.4 Å². The summed E-state index contributed by atoms with van der Waals surface area (Å²) in [7, 11) is 0. The fourth-order valence-electron chi connectivity index (χ4n) is 1.88. The average Bonchev–Trinajstić information content (AvgIpc) is 2.92. The molecule has 0 bridgehead atoms. The number of hydrogen-bond acceptors (Lipinski definition) is 6. The lowest BCUT2D eigenvalue weighted by Crippen LogP contribution is -2.09. The lowest BCUT2D eigenvalue weighted by Gasteiger charge is -2.15. The average molecular weight is 330 g/mol. The minimum atomic E-state index is -0.145. The molecule has 0 aliphatic carbocycles. The van der Waals surface area contributed by atoms with Gasteiger partial charge in [-0.3, -0.25) is 4.79 Å². The molecular formula is C16H18N4O2S. The molecule has 0 unspecified atom stereocenters. The monoisotopic (exact) mass is 330 g/mol. The van der Waals surface area contributed by atoms with Gasteiger partial charge in [-0.25, -0.2) is 4.98 Å². The standard InChI is InChI=1S/C16H18N4O2S/c1-10(2)22-15-5-4-12(7-17)6-14(15)18-8-13-9-23-16(20-13)19-11(3)21/h4-6,9-10,18H,8H2,1-3H3,(H,19,20,21). The summed E-state index contributed by atoms with van der Waals surface area (Å²) >= 11 is 1.37. The Balaban J connectivity index is 2.10. The molecule has 0 saturated carbocycles. The van der Waals surface area contributed by atoms with Crippen molar-refractivity contribution in [1.82, 2.24) is 4.98 Å². The second-order valence-corrected chi connectivity index (χ2v) is 6.03. The molecule has 0 fully saturated rings. The summed E-state index contributed by atoms with van der Waals surface area (Å²) in [6, 6.07) is 7.37. The summed E-state index contributed by atoms with van der Waals surface area (Å²) in [5.41, 5.74) is 2.10. The Morgan fingerprint density at radius 2 is 2.26 bits per heavy atom. The third-order valence-electron chi connectivity index (χ3n) is 2.77. The molecule has 1 aromatic heterocycles. The van der Waals surface area contributed by atoms with Crippen molar-refractivity contribution in [3.8, 4) is 11.8 Å². The topological polar surface area (TPSA) is 87.0 Å². The first-order valence-corrected chi connectivity index (χ1v) is 8.02. The van der Waals surface area contributed by atoms with Crippen molar-refractivity contribution >= 4 is 28.1 Å². The van der Waals surface area contributed by atoms with E-state index in [4.69, 9.17) is 10.00 Å². The normalized spacial score (nSPS) is 10.2. The highest BCUT2D eigenvalue weighted by Crippen LogP contribution is 2.27. The van der Waals surface area contributed by atoms with E-state index in [1.807, 2.05) is 19.2 Å². The Labute approximate surface area is 139 Å². The largest absolute Gasteiger partial charge is 0.489 e. The minimum Gasteiger partial charge on any atom is -0.489 e. The highest BCUT2D eigenvalue weighted by Gasteiger charge is 2.09. The van der Waals surface area contributed by atoms with E-state index in [0.717, 1.165) is 11.4 Å². The molecule has 6 nitrogen and oxygen atoms in total. The van der Waals surface area contributed by atoms with Gasteiger partial charge in [-0.05, 0) is 32.0 Å². The van der Waals surface area contributed by atoms with Crippen LogP contribution in [0.4, 0.5) is 10.8 Å². The van der Waals surface area contributed by atoms with Crippen molar-refractivity contribution < 1.29 is 9.53 Å². The van der Waals surface area contributed by atoms with Gasteiger partial charge in [0.25, 0.3) is 0 Å². The van der Waals surface area contributed by atoms with Crippen LogP contribution >= 0.6 is 11.3 Å². The van der Waals surface area contributed by atoms with Crippen LogP contribution in [0.15, 0.2) is 23.6 Å². The van der Waals surface area contributed by atoms with Crippen LogP contribution in [0.3, 0.4) is 0 Å². The van der Waals surface area contributed by atoms with Gasteiger partial charge in [0.05, 0.1) is 35.7 Å². The van der Waals surface area contributed by atoms with Gasteiger partial charge in [-0.15, -0.1) is 11.3 Å². The van der Waals surface area contributed by atoms with Crippen LogP contribution in [-0.2, 0) is 11.3 Å². The van der Waals surface area contributed by atoms with Crippen LogP contribution in [0.1, 0.15) is 32.0 Å². The zero-order valence-corrected chi connectivity index (χ0v) is 14.0. The van der Waals surface area contributed by atoms with Gasteiger partial charge in [0.2, 0.25) is 5.91 Å². The maximum atomic E-state index is 11.0. The predicted octanol–water partition coefficient (Wildman–Crippen LogP) is 3.37. The molecule has 2 rings (SSSR count). The van der Waals surface area contributed by atoms with E-state index in [-0.39, 0.29) is 12.0 Å². The SMILES string of the molecule is CC(=O)Nc1nc(CNc2cc(C#N)ccc2OC(C)C)cs1. The van der Waals surface area contributed by atoms with Gasteiger partial charge in [0, 0.05) is 12.3 Å². The summed E-state index contributed by atoms with van der Waals surface area (Å²) in [5, 5.41) is 17.4. The molecule has 0 spiro atoms. The maximum absolute atomic E-state index is 11.0. The highest BCUT2D eigenvalue weighted by molar-refractivity contribution is 7.13. The Bertz CT molecular complexity index is 734. The number of amides is 1. The van der Waals surface area contributed by atoms with Crippen LogP contribution in [-0.4, -0.2) is 17.0 Å². The van der Waals surface area contributed by atoms with E-state index in [2.05, 4.69) is 21.7 Å². The summed E-state index contributed by atoms with van der Waals surface area (Å²) in [5.74, 6) is 0.546. The molecule has 120 valence electrons. The summed E-state index contributed by atoms with van der Waals surface area (Å²) in [6.45, 7) is 5.81. The van der Waals surface area contributed by atoms with Crippen molar-refractivity contribution in [2.45, 2.75) is 33.4 Å². The minimum absolute atomic E-state index is 0.0362. The van der Waals surface area contributed by atoms with Gasteiger partial charge in [0.15, 0.2) is 5.13 Å². The molecule has 2 aromatic rings. The number of aromatic nitrogens is 1. The second kappa shape index (κ2) is 7.61.